The third kappa shape index (κ3) is 3.69. The van der Waals surface area contributed by atoms with Gasteiger partial charge >= 0.3 is 5.97 Å². The minimum absolute atomic E-state index is 0.237. The Kier molecular flexibility index (Phi) is 4.86. The molecule has 1 aromatic rings. The number of methoxy groups -OCH3 is 2. The number of ether oxygens (including phenoxy) is 2. The number of nitrogens with zero attached hydrogens (tertiary/aromatic N) is 1. The number of aliphatic hydroxyl groups is 2. The van der Waals surface area contributed by atoms with Crippen LogP contribution in [0.15, 0.2) is 18.2 Å². The standard InChI is InChI=1S/C11H15NO5/c1-16-9-5-3-4-7(12-9)11(15)8(13)6-10(14)17-2/h3-5,8,11,13,15H,6H2,1-2H3. The first kappa shape index (κ1) is 13.4. The molecule has 0 aliphatic carbocycles. The predicted molar refractivity (Wildman–Crippen MR) is 58.4 cm³/mol. The molecule has 0 bridgehead atoms. The number of esters is 1. The Bertz CT molecular complexity index is 382. The second-order valence-corrected chi connectivity index (χ2v) is 3.40. The van der Waals surface area contributed by atoms with Crippen LogP contribution in [-0.2, 0) is 9.53 Å². The lowest BCUT2D eigenvalue weighted by molar-refractivity contribution is -0.144. The van der Waals surface area contributed by atoms with E-state index >= 15 is 0 Å². The van der Waals surface area contributed by atoms with E-state index in [-0.39, 0.29) is 12.1 Å². The predicted octanol–water partition coefficient (Wildman–Crippen LogP) is 0.0476. The molecule has 6 nitrogen and oxygen atoms in total. The van der Waals surface area contributed by atoms with Crippen LogP contribution < -0.4 is 4.74 Å². The Morgan fingerprint density at radius 2 is 2.12 bits per heavy atom. The van der Waals surface area contributed by atoms with E-state index in [1.165, 1.54) is 20.3 Å². The number of carbonyl (C=O) groups excluding carboxylic acids is 1. The number of hydrogen-bond acceptors (Lipinski definition) is 6. The first-order valence-electron chi connectivity index (χ1n) is 5.02. The van der Waals surface area contributed by atoms with E-state index in [1.54, 1.807) is 12.1 Å². The summed E-state index contributed by atoms with van der Waals surface area (Å²) in [6.45, 7) is 0. The van der Waals surface area contributed by atoms with Crippen molar-refractivity contribution < 1.29 is 24.5 Å². The monoisotopic (exact) mass is 241 g/mol. The molecule has 1 aromatic heterocycles. The lowest BCUT2D eigenvalue weighted by atomic mass is 10.1. The Labute approximate surface area is 98.8 Å². The molecule has 6 heteroatoms. The van der Waals surface area contributed by atoms with Crippen molar-refractivity contribution >= 4 is 5.97 Å². The van der Waals surface area contributed by atoms with Gasteiger partial charge in [0.1, 0.15) is 6.10 Å². The number of aliphatic hydroxyl groups excluding tert-OH is 2. The second kappa shape index (κ2) is 6.17. The highest BCUT2D eigenvalue weighted by Crippen LogP contribution is 2.19. The highest BCUT2D eigenvalue weighted by molar-refractivity contribution is 5.69. The summed E-state index contributed by atoms with van der Waals surface area (Å²) in [6.07, 6.45) is -2.82. The fourth-order valence-electron chi connectivity index (χ4n) is 1.27. The number of aromatic nitrogens is 1. The summed E-state index contributed by atoms with van der Waals surface area (Å²) in [5.41, 5.74) is 0.237. The molecule has 0 aliphatic rings. The molecule has 2 N–H and O–H groups in total. The van der Waals surface area contributed by atoms with Crippen molar-refractivity contribution in [3.8, 4) is 5.88 Å². The van der Waals surface area contributed by atoms with E-state index < -0.39 is 18.2 Å². The number of pyridine rings is 1. The molecule has 17 heavy (non-hydrogen) atoms. The molecule has 94 valence electrons. The summed E-state index contributed by atoms with van der Waals surface area (Å²) in [6, 6.07) is 4.78. The molecule has 0 aliphatic heterocycles. The van der Waals surface area contributed by atoms with Crippen molar-refractivity contribution in [1.29, 1.82) is 0 Å². The summed E-state index contributed by atoms with van der Waals surface area (Å²) in [7, 11) is 2.66. The van der Waals surface area contributed by atoms with Gasteiger partial charge in [-0.2, -0.15) is 0 Å². The van der Waals surface area contributed by atoms with Gasteiger partial charge in [-0.3, -0.25) is 4.79 Å². The fraction of sp³-hybridized carbons (Fsp3) is 0.455. The highest BCUT2D eigenvalue weighted by atomic mass is 16.5. The topological polar surface area (TPSA) is 88.9 Å². The molecule has 0 fully saturated rings. The first-order valence-corrected chi connectivity index (χ1v) is 5.02. The Morgan fingerprint density at radius 3 is 2.71 bits per heavy atom. The van der Waals surface area contributed by atoms with Crippen molar-refractivity contribution in [2.45, 2.75) is 18.6 Å². The maximum atomic E-state index is 10.9. The molecule has 0 aromatic carbocycles. The van der Waals surface area contributed by atoms with Gasteiger partial charge in [0, 0.05) is 6.07 Å². The Balaban J connectivity index is 2.73. The fourth-order valence-corrected chi connectivity index (χ4v) is 1.27. The van der Waals surface area contributed by atoms with Gasteiger partial charge in [0.25, 0.3) is 0 Å². The van der Waals surface area contributed by atoms with Crippen LogP contribution in [0, 0.1) is 0 Å². The van der Waals surface area contributed by atoms with Gasteiger partial charge < -0.3 is 19.7 Å². The summed E-state index contributed by atoms with van der Waals surface area (Å²) in [5.74, 6) is -0.272. The number of hydrogen-bond donors (Lipinski definition) is 2. The van der Waals surface area contributed by atoms with Crippen LogP contribution in [0.3, 0.4) is 0 Å². The molecular weight excluding hydrogens is 226 g/mol. The van der Waals surface area contributed by atoms with Gasteiger partial charge in [-0.05, 0) is 6.07 Å². The van der Waals surface area contributed by atoms with Crippen LogP contribution in [0.1, 0.15) is 18.2 Å². The van der Waals surface area contributed by atoms with Crippen LogP contribution in [0.5, 0.6) is 5.88 Å². The molecule has 1 rings (SSSR count). The maximum Gasteiger partial charge on any atom is 0.308 e. The summed E-state index contributed by atoms with van der Waals surface area (Å²) in [4.78, 5) is 14.9. The quantitative estimate of drug-likeness (QED) is 0.708. The van der Waals surface area contributed by atoms with Gasteiger partial charge in [-0.15, -0.1) is 0 Å². The zero-order valence-electron chi connectivity index (χ0n) is 9.66. The molecule has 0 amide bonds. The lowest BCUT2D eigenvalue weighted by Gasteiger charge is -2.16. The largest absolute Gasteiger partial charge is 0.481 e. The molecule has 2 unspecified atom stereocenters. The summed E-state index contributed by atoms with van der Waals surface area (Å²) < 4.78 is 9.29. The van der Waals surface area contributed by atoms with E-state index in [4.69, 9.17) is 4.74 Å². The molecule has 0 radical (unpaired) electrons. The van der Waals surface area contributed by atoms with E-state index in [9.17, 15) is 15.0 Å². The minimum atomic E-state index is -1.26. The third-order valence-electron chi connectivity index (χ3n) is 2.23. The van der Waals surface area contributed by atoms with Crippen molar-refractivity contribution in [3.05, 3.63) is 23.9 Å². The minimum Gasteiger partial charge on any atom is -0.481 e. The normalized spacial score (nSPS) is 13.9. The Hall–Kier alpha value is -1.66. The van der Waals surface area contributed by atoms with Crippen molar-refractivity contribution in [2.24, 2.45) is 0 Å². The summed E-state index contributed by atoms with van der Waals surface area (Å²) >= 11 is 0. The molecule has 0 spiro atoms. The molecule has 1 heterocycles. The van der Waals surface area contributed by atoms with Crippen molar-refractivity contribution in [1.82, 2.24) is 4.98 Å². The average molecular weight is 241 g/mol. The summed E-state index contributed by atoms with van der Waals surface area (Å²) in [5, 5.41) is 19.4. The molecule has 0 saturated heterocycles. The first-order chi connectivity index (χ1) is 8.08. The van der Waals surface area contributed by atoms with E-state index in [2.05, 4.69) is 9.72 Å². The zero-order valence-corrected chi connectivity index (χ0v) is 9.66. The van der Waals surface area contributed by atoms with E-state index in [0.717, 1.165) is 0 Å². The number of carbonyl (C=O) groups is 1. The SMILES string of the molecule is COC(=O)CC(O)C(O)c1cccc(OC)n1. The van der Waals surface area contributed by atoms with Crippen LogP contribution in [-0.4, -0.2) is 41.5 Å². The van der Waals surface area contributed by atoms with Gasteiger partial charge in [0.15, 0.2) is 0 Å². The third-order valence-corrected chi connectivity index (χ3v) is 2.23. The smallest absolute Gasteiger partial charge is 0.308 e. The highest BCUT2D eigenvalue weighted by Gasteiger charge is 2.23. The number of rotatable bonds is 5. The molecule has 2 atom stereocenters. The van der Waals surface area contributed by atoms with Gasteiger partial charge in [-0.25, -0.2) is 4.98 Å². The molecule has 0 saturated carbocycles. The van der Waals surface area contributed by atoms with Crippen LogP contribution >= 0.6 is 0 Å². The van der Waals surface area contributed by atoms with Gasteiger partial charge in [0.2, 0.25) is 5.88 Å². The Morgan fingerprint density at radius 1 is 1.41 bits per heavy atom. The maximum absolute atomic E-state index is 10.9. The van der Waals surface area contributed by atoms with Crippen molar-refractivity contribution in [2.75, 3.05) is 14.2 Å². The van der Waals surface area contributed by atoms with Crippen LogP contribution in [0.4, 0.5) is 0 Å². The zero-order chi connectivity index (χ0) is 12.8. The van der Waals surface area contributed by atoms with E-state index in [0.29, 0.717) is 5.88 Å². The van der Waals surface area contributed by atoms with Crippen LogP contribution in [0.2, 0.25) is 0 Å². The van der Waals surface area contributed by atoms with Gasteiger partial charge in [-0.1, -0.05) is 6.07 Å². The van der Waals surface area contributed by atoms with Crippen LogP contribution in [0.25, 0.3) is 0 Å². The molecular formula is C11H15NO5. The second-order valence-electron chi connectivity index (χ2n) is 3.40. The van der Waals surface area contributed by atoms with Gasteiger partial charge in [0.05, 0.1) is 32.4 Å². The van der Waals surface area contributed by atoms with E-state index in [1.807, 2.05) is 0 Å². The average Bonchev–Trinajstić information content (AvgIpc) is 2.37. The van der Waals surface area contributed by atoms with Crippen molar-refractivity contribution in [3.63, 3.8) is 0 Å². The lowest BCUT2D eigenvalue weighted by Crippen LogP contribution is -2.23.